The van der Waals surface area contributed by atoms with Gasteiger partial charge in [-0.3, -0.25) is 0 Å². The highest BCUT2D eigenvalue weighted by Gasteiger charge is 2.14. The van der Waals surface area contributed by atoms with Gasteiger partial charge in [-0.05, 0) is 54.8 Å². The summed E-state index contributed by atoms with van der Waals surface area (Å²) in [5, 5.41) is 13.5. The van der Waals surface area contributed by atoms with Gasteiger partial charge in [0.15, 0.2) is 11.6 Å². The molecule has 0 amide bonds. The summed E-state index contributed by atoms with van der Waals surface area (Å²) < 4.78 is 31.5. The summed E-state index contributed by atoms with van der Waals surface area (Å²) >= 11 is 0. The van der Waals surface area contributed by atoms with Crippen LogP contribution < -0.4 is 10.1 Å². The van der Waals surface area contributed by atoms with Gasteiger partial charge in [0.1, 0.15) is 5.82 Å². The van der Waals surface area contributed by atoms with Crippen LogP contribution in [0.15, 0.2) is 36.4 Å². The second kappa shape index (κ2) is 7.53. The smallest absolute Gasteiger partial charge is 0.165 e. The van der Waals surface area contributed by atoms with Crippen LogP contribution >= 0.6 is 0 Å². The number of hydrogen-bond donors (Lipinski definition) is 2. The van der Waals surface area contributed by atoms with Crippen molar-refractivity contribution in [1.29, 1.82) is 0 Å². The minimum Gasteiger partial charge on any atom is -0.494 e. The van der Waals surface area contributed by atoms with Gasteiger partial charge >= 0.3 is 0 Å². The molecule has 23 heavy (non-hydrogen) atoms. The first-order valence-electron chi connectivity index (χ1n) is 7.43. The number of aliphatic hydroxyl groups excluding tert-OH is 1. The molecule has 0 aliphatic rings. The van der Waals surface area contributed by atoms with Gasteiger partial charge in [-0.2, -0.15) is 0 Å². The van der Waals surface area contributed by atoms with Crippen molar-refractivity contribution in [3.8, 4) is 5.75 Å². The van der Waals surface area contributed by atoms with E-state index in [4.69, 9.17) is 4.74 Å². The normalized spacial score (nSPS) is 13.7. The van der Waals surface area contributed by atoms with Crippen LogP contribution in [0, 0.1) is 18.6 Å². The lowest BCUT2D eigenvalue weighted by Gasteiger charge is -2.19. The van der Waals surface area contributed by atoms with Gasteiger partial charge in [-0.25, -0.2) is 8.78 Å². The molecule has 2 N–H and O–H groups in total. The number of aryl methyl sites for hydroxylation is 1. The first-order chi connectivity index (χ1) is 10.9. The summed E-state index contributed by atoms with van der Waals surface area (Å²) in [5.41, 5.74) is 2.24. The van der Waals surface area contributed by atoms with E-state index in [9.17, 15) is 13.9 Å². The Morgan fingerprint density at radius 1 is 1.17 bits per heavy atom. The number of hydrogen-bond acceptors (Lipinski definition) is 3. The van der Waals surface area contributed by atoms with Crippen LogP contribution in [0.25, 0.3) is 0 Å². The number of ether oxygens (including phenoxy) is 1. The fourth-order valence-corrected chi connectivity index (χ4v) is 2.47. The minimum atomic E-state index is -0.750. The molecule has 0 aliphatic heterocycles. The highest BCUT2D eigenvalue weighted by Crippen LogP contribution is 2.23. The van der Waals surface area contributed by atoms with E-state index in [1.165, 1.54) is 25.3 Å². The minimum absolute atomic E-state index is 0.0973. The van der Waals surface area contributed by atoms with Gasteiger partial charge in [-0.15, -0.1) is 0 Å². The molecule has 0 bridgehead atoms. The lowest BCUT2D eigenvalue weighted by Crippen LogP contribution is -2.25. The molecule has 124 valence electrons. The second-order valence-corrected chi connectivity index (χ2v) is 5.54. The molecular weight excluding hydrogens is 300 g/mol. The molecule has 0 spiro atoms. The molecule has 0 saturated heterocycles. The topological polar surface area (TPSA) is 41.5 Å². The number of benzene rings is 2. The molecule has 0 fully saturated rings. The summed E-state index contributed by atoms with van der Waals surface area (Å²) in [5.74, 6) is -0.547. The van der Waals surface area contributed by atoms with E-state index in [2.05, 4.69) is 5.32 Å². The summed E-state index contributed by atoms with van der Waals surface area (Å²) in [7, 11) is 1.42. The third-order valence-electron chi connectivity index (χ3n) is 3.88. The van der Waals surface area contributed by atoms with E-state index < -0.39 is 11.9 Å². The van der Waals surface area contributed by atoms with E-state index in [0.29, 0.717) is 17.7 Å². The maximum atomic E-state index is 13.4. The Labute approximate surface area is 134 Å². The largest absolute Gasteiger partial charge is 0.494 e. The van der Waals surface area contributed by atoms with Crippen LogP contribution in [0.4, 0.5) is 8.78 Å². The third kappa shape index (κ3) is 4.27. The van der Waals surface area contributed by atoms with Gasteiger partial charge in [-0.1, -0.05) is 12.1 Å². The van der Waals surface area contributed by atoms with Gasteiger partial charge in [0, 0.05) is 12.6 Å². The summed E-state index contributed by atoms with van der Waals surface area (Å²) in [6.07, 6.45) is -0.750. The Kier molecular flexibility index (Phi) is 5.69. The molecule has 0 saturated carbocycles. The van der Waals surface area contributed by atoms with Gasteiger partial charge in [0.2, 0.25) is 0 Å². The van der Waals surface area contributed by atoms with E-state index >= 15 is 0 Å². The number of nitrogens with one attached hydrogen (secondary N) is 1. The van der Waals surface area contributed by atoms with Crippen LogP contribution in [-0.2, 0) is 0 Å². The van der Waals surface area contributed by atoms with E-state index in [1.54, 1.807) is 25.1 Å². The monoisotopic (exact) mass is 321 g/mol. The highest BCUT2D eigenvalue weighted by atomic mass is 19.1. The average Bonchev–Trinajstić information content (AvgIpc) is 2.52. The third-order valence-corrected chi connectivity index (χ3v) is 3.88. The van der Waals surface area contributed by atoms with Crippen LogP contribution in [0.5, 0.6) is 5.75 Å². The van der Waals surface area contributed by atoms with Crippen LogP contribution in [0.3, 0.4) is 0 Å². The number of rotatable bonds is 6. The molecule has 3 nitrogen and oxygen atoms in total. The van der Waals surface area contributed by atoms with Gasteiger partial charge in [0.05, 0.1) is 13.2 Å². The lowest BCUT2D eigenvalue weighted by atomic mass is 10.0. The molecule has 5 heteroatoms. The van der Waals surface area contributed by atoms with E-state index in [0.717, 1.165) is 5.56 Å². The molecule has 2 aromatic carbocycles. The zero-order valence-electron chi connectivity index (χ0n) is 13.4. The van der Waals surface area contributed by atoms with E-state index in [1.807, 2.05) is 6.92 Å². The number of methoxy groups -OCH3 is 1. The van der Waals surface area contributed by atoms with Crippen LogP contribution in [-0.4, -0.2) is 18.8 Å². The van der Waals surface area contributed by atoms with Crippen molar-refractivity contribution in [3.05, 3.63) is 64.7 Å². The maximum absolute atomic E-state index is 13.4. The lowest BCUT2D eigenvalue weighted by molar-refractivity contribution is 0.170. The van der Waals surface area contributed by atoms with Crippen LogP contribution in [0.1, 0.15) is 35.8 Å². The van der Waals surface area contributed by atoms with Gasteiger partial charge in [0.25, 0.3) is 0 Å². The van der Waals surface area contributed by atoms with Crippen molar-refractivity contribution in [3.63, 3.8) is 0 Å². The first kappa shape index (κ1) is 17.4. The van der Waals surface area contributed by atoms with Crippen LogP contribution in [0.2, 0.25) is 0 Å². The molecule has 0 radical (unpaired) electrons. The quantitative estimate of drug-likeness (QED) is 0.853. The Hall–Kier alpha value is -1.98. The molecular formula is C18H21F2NO2. The number of halogens is 2. The summed E-state index contributed by atoms with van der Waals surface area (Å²) in [6, 6.07) is 8.87. The summed E-state index contributed by atoms with van der Waals surface area (Å²) in [6.45, 7) is 3.97. The Bertz CT molecular complexity index is 676. The molecule has 2 atom stereocenters. The van der Waals surface area contributed by atoms with Crippen molar-refractivity contribution in [2.75, 3.05) is 13.7 Å². The Morgan fingerprint density at radius 3 is 2.57 bits per heavy atom. The molecule has 0 heterocycles. The molecule has 2 unspecified atom stereocenters. The molecule has 0 aliphatic carbocycles. The van der Waals surface area contributed by atoms with Gasteiger partial charge < -0.3 is 15.2 Å². The predicted molar refractivity (Wildman–Crippen MR) is 85.5 cm³/mol. The highest BCUT2D eigenvalue weighted by molar-refractivity contribution is 5.32. The Morgan fingerprint density at radius 2 is 1.91 bits per heavy atom. The standard InChI is InChI=1S/C18H21F2NO2/c1-11-8-14(19)5-6-15(11)17(22)10-21-12(2)13-4-7-16(20)18(9-13)23-3/h4-9,12,17,21-22H,10H2,1-3H3. The van der Waals surface area contributed by atoms with Crippen molar-refractivity contribution in [1.82, 2.24) is 5.32 Å². The summed E-state index contributed by atoms with van der Waals surface area (Å²) in [4.78, 5) is 0. The Balaban J connectivity index is 2.02. The van der Waals surface area contributed by atoms with Crippen molar-refractivity contribution in [2.24, 2.45) is 0 Å². The fourth-order valence-electron chi connectivity index (χ4n) is 2.47. The van der Waals surface area contributed by atoms with Crippen molar-refractivity contribution < 1.29 is 18.6 Å². The fraction of sp³-hybridized carbons (Fsp3) is 0.333. The zero-order valence-corrected chi connectivity index (χ0v) is 13.4. The average molecular weight is 321 g/mol. The predicted octanol–water partition coefficient (Wildman–Crippen LogP) is 3.67. The molecule has 2 aromatic rings. The van der Waals surface area contributed by atoms with Crippen molar-refractivity contribution >= 4 is 0 Å². The zero-order chi connectivity index (χ0) is 17.0. The van der Waals surface area contributed by atoms with E-state index in [-0.39, 0.29) is 17.6 Å². The second-order valence-electron chi connectivity index (χ2n) is 5.54. The molecule has 0 aromatic heterocycles. The first-order valence-corrected chi connectivity index (χ1v) is 7.43. The van der Waals surface area contributed by atoms with Crippen molar-refractivity contribution in [2.45, 2.75) is 26.0 Å². The molecule has 2 rings (SSSR count). The number of aliphatic hydroxyl groups is 1. The SMILES string of the molecule is COc1cc(C(C)NCC(O)c2ccc(F)cc2C)ccc1F. The maximum Gasteiger partial charge on any atom is 0.165 e.